The first-order chi connectivity index (χ1) is 9.52. The van der Waals surface area contributed by atoms with Crippen molar-refractivity contribution in [3.63, 3.8) is 0 Å². The van der Waals surface area contributed by atoms with Crippen molar-refractivity contribution in [2.75, 3.05) is 32.1 Å². The monoisotopic (exact) mass is 296 g/mol. The molecular formula is C14H21ClN4O. The van der Waals surface area contributed by atoms with E-state index < -0.39 is 0 Å². The van der Waals surface area contributed by atoms with E-state index in [1.165, 1.54) is 12.8 Å². The van der Waals surface area contributed by atoms with Crippen molar-refractivity contribution in [2.45, 2.75) is 18.9 Å². The third-order valence-electron chi connectivity index (χ3n) is 3.61. The highest BCUT2D eigenvalue weighted by molar-refractivity contribution is 6.33. The number of halogens is 1. The van der Waals surface area contributed by atoms with Gasteiger partial charge in [0.15, 0.2) is 5.84 Å². The minimum atomic E-state index is 0.0738. The van der Waals surface area contributed by atoms with Gasteiger partial charge in [-0.1, -0.05) is 16.8 Å². The predicted octanol–water partition coefficient (Wildman–Crippen LogP) is 1.96. The summed E-state index contributed by atoms with van der Waals surface area (Å²) in [5.74, 6) is 0.0738. The molecule has 20 heavy (non-hydrogen) atoms. The molecule has 0 radical (unpaired) electrons. The summed E-state index contributed by atoms with van der Waals surface area (Å²) in [7, 11) is 4.17. The van der Waals surface area contributed by atoms with Crippen molar-refractivity contribution in [2.24, 2.45) is 10.9 Å². The molecule has 1 aliphatic rings. The second-order valence-corrected chi connectivity index (χ2v) is 5.81. The number of anilines is 1. The van der Waals surface area contributed by atoms with Crippen molar-refractivity contribution in [3.8, 4) is 0 Å². The van der Waals surface area contributed by atoms with Crippen molar-refractivity contribution in [1.82, 2.24) is 4.90 Å². The van der Waals surface area contributed by atoms with Gasteiger partial charge in [-0.3, -0.25) is 0 Å². The van der Waals surface area contributed by atoms with Crippen molar-refractivity contribution < 1.29 is 5.21 Å². The van der Waals surface area contributed by atoms with Gasteiger partial charge in [-0.25, -0.2) is 0 Å². The summed E-state index contributed by atoms with van der Waals surface area (Å²) in [5.41, 5.74) is 7.23. The third-order valence-corrected chi connectivity index (χ3v) is 3.92. The number of oxime groups is 1. The van der Waals surface area contributed by atoms with Crippen molar-refractivity contribution in [3.05, 3.63) is 28.8 Å². The topological polar surface area (TPSA) is 65.1 Å². The van der Waals surface area contributed by atoms with Crippen LogP contribution in [-0.2, 0) is 0 Å². The Bertz CT molecular complexity index is 504. The SMILES string of the molecule is CN(C)CC1CCCN1c1ccc(C(N)=NO)cc1Cl. The molecule has 2 rings (SSSR count). The maximum absolute atomic E-state index is 8.71. The van der Waals surface area contributed by atoms with Crippen LogP contribution in [0.5, 0.6) is 0 Å². The van der Waals surface area contributed by atoms with E-state index in [9.17, 15) is 0 Å². The lowest BCUT2D eigenvalue weighted by atomic mass is 10.1. The Balaban J connectivity index is 2.24. The fraction of sp³-hybridized carbons (Fsp3) is 0.500. The zero-order chi connectivity index (χ0) is 14.7. The van der Waals surface area contributed by atoms with E-state index in [4.69, 9.17) is 22.5 Å². The normalized spacial score (nSPS) is 19.9. The molecule has 0 spiro atoms. The van der Waals surface area contributed by atoms with Gasteiger partial charge in [-0.2, -0.15) is 0 Å². The van der Waals surface area contributed by atoms with Crippen LogP contribution >= 0.6 is 11.6 Å². The number of hydrogen-bond acceptors (Lipinski definition) is 4. The first-order valence-electron chi connectivity index (χ1n) is 6.71. The second kappa shape index (κ2) is 6.33. The minimum Gasteiger partial charge on any atom is -0.409 e. The Hall–Kier alpha value is -1.46. The largest absolute Gasteiger partial charge is 0.409 e. The van der Waals surface area contributed by atoms with Crippen LogP contribution in [0.25, 0.3) is 0 Å². The molecule has 0 amide bonds. The molecule has 3 N–H and O–H groups in total. The molecule has 1 aromatic rings. The van der Waals surface area contributed by atoms with Crippen LogP contribution in [0.2, 0.25) is 5.02 Å². The number of amidine groups is 1. The zero-order valence-corrected chi connectivity index (χ0v) is 12.6. The van der Waals surface area contributed by atoms with E-state index in [0.717, 1.165) is 18.8 Å². The first-order valence-corrected chi connectivity index (χ1v) is 7.09. The lowest BCUT2D eigenvalue weighted by Crippen LogP contribution is -2.37. The average molecular weight is 297 g/mol. The van der Waals surface area contributed by atoms with Gasteiger partial charge in [0.05, 0.1) is 10.7 Å². The van der Waals surface area contributed by atoms with E-state index in [0.29, 0.717) is 16.6 Å². The summed E-state index contributed by atoms with van der Waals surface area (Å²) in [6, 6.07) is 6.01. The van der Waals surface area contributed by atoms with E-state index in [1.807, 2.05) is 12.1 Å². The number of nitrogens with zero attached hydrogens (tertiary/aromatic N) is 3. The zero-order valence-electron chi connectivity index (χ0n) is 11.9. The summed E-state index contributed by atoms with van der Waals surface area (Å²) >= 11 is 6.36. The third kappa shape index (κ3) is 3.16. The molecule has 1 aromatic carbocycles. The molecule has 1 heterocycles. The number of rotatable bonds is 4. The summed E-state index contributed by atoms with van der Waals surface area (Å²) in [5, 5.41) is 12.3. The summed E-state index contributed by atoms with van der Waals surface area (Å²) in [4.78, 5) is 4.54. The first kappa shape index (κ1) is 14.9. The van der Waals surface area contributed by atoms with Gasteiger partial charge < -0.3 is 20.7 Å². The summed E-state index contributed by atoms with van der Waals surface area (Å²) in [6.45, 7) is 2.03. The second-order valence-electron chi connectivity index (χ2n) is 5.40. The van der Waals surface area contributed by atoms with Gasteiger partial charge in [0.2, 0.25) is 0 Å². The van der Waals surface area contributed by atoms with Crippen LogP contribution < -0.4 is 10.6 Å². The van der Waals surface area contributed by atoms with E-state index >= 15 is 0 Å². The molecule has 0 saturated carbocycles. The smallest absolute Gasteiger partial charge is 0.170 e. The van der Waals surface area contributed by atoms with Crippen molar-refractivity contribution in [1.29, 1.82) is 0 Å². The molecule has 1 unspecified atom stereocenters. The molecule has 0 aliphatic carbocycles. The lowest BCUT2D eigenvalue weighted by molar-refractivity contribution is 0.318. The molecule has 0 aromatic heterocycles. The average Bonchev–Trinajstić information content (AvgIpc) is 2.84. The molecule has 1 saturated heterocycles. The quantitative estimate of drug-likeness (QED) is 0.386. The summed E-state index contributed by atoms with van der Waals surface area (Å²) in [6.07, 6.45) is 2.35. The Morgan fingerprint density at radius 2 is 2.30 bits per heavy atom. The number of nitrogens with two attached hydrogens (primary N) is 1. The maximum atomic E-state index is 8.71. The Labute approximate surface area is 124 Å². The van der Waals surface area contributed by atoms with Crippen LogP contribution in [0.3, 0.4) is 0 Å². The maximum Gasteiger partial charge on any atom is 0.170 e. The molecule has 1 fully saturated rings. The number of hydrogen-bond donors (Lipinski definition) is 2. The Morgan fingerprint density at radius 1 is 1.55 bits per heavy atom. The number of benzene rings is 1. The van der Waals surface area contributed by atoms with Crippen LogP contribution in [0, 0.1) is 0 Å². The van der Waals surface area contributed by atoms with Crippen LogP contribution in [0.15, 0.2) is 23.4 Å². The summed E-state index contributed by atoms with van der Waals surface area (Å²) < 4.78 is 0. The minimum absolute atomic E-state index is 0.0738. The predicted molar refractivity (Wildman–Crippen MR) is 82.9 cm³/mol. The van der Waals surface area contributed by atoms with Gasteiger partial charge in [0.25, 0.3) is 0 Å². The van der Waals surface area contributed by atoms with E-state index in [-0.39, 0.29) is 5.84 Å². The van der Waals surface area contributed by atoms with Crippen LogP contribution in [0.4, 0.5) is 5.69 Å². The van der Waals surface area contributed by atoms with Gasteiger partial charge >= 0.3 is 0 Å². The Kier molecular flexibility index (Phi) is 4.73. The molecule has 1 aliphatic heterocycles. The number of likely N-dealkylation sites (N-methyl/N-ethyl adjacent to an activating group) is 1. The molecule has 5 nitrogen and oxygen atoms in total. The van der Waals surface area contributed by atoms with Crippen molar-refractivity contribution >= 4 is 23.1 Å². The van der Waals surface area contributed by atoms with E-state index in [2.05, 4.69) is 29.1 Å². The molecule has 0 bridgehead atoms. The van der Waals surface area contributed by atoms with Gasteiger partial charge in [-0.15, -0.1) is 0 Å². The highest BCUT2D eigenvalue weighted by Gasteiger charge is 2.26. The lowest BCUT2D eigenvalue weighted by Gasteiger charge is -2.29. The highest BCUT2D eigenvalue weighted by atomic mass is 35.5. The van der Waals surface area contributed by atoms with Crippen LogP contribution in [0.1, 0.15) is 18.4 Å². The van der Waals surface area contributed by atoms with Gasteiger partial charge in [0.1, 0.15) is 0 Å². The highest BCUT2D eigenvalue weighted by Crippen LogP contribution is 2.32. The fourth-order valence-electron chi connectivity index (χ4n) is 2.72. The molecule has 6 heteroatoms. The van der Waals surface area contributed by atoms with Gasteiger partial charge in [-0.05, 0) is 45.1 Å². The van der Waals surface area contributed by atoms with E-state index in [1.54, 1.807) is 6.07 Å². The molecular weight excluding hydrogens is 276 g/mol. The fourth-order valence-corrected chi connectivity index (χ4v) is 3.01. The standard InChI is InChI=1S/C14H21ClN4O/c1-18(2)9-11-4-3-7-19(11)13-6-5-10(8-12(13)15)14(16)17-20/h5-6,8,11,20H,3-4,7,9H2,1-2H3,(H2,16,17). The molecule has 110 valence electrons. The van der Waals surface area contributed by atoms with Crippen LogP contribution in [-0.4, -0.2) is 49.2 Å². The van der Waals surface area contributed by atoms with Gasteiger partial charge in [0, 0.05) is 24.7 Å². The molecule has 1 atom stereocenters. The Morgan fingerprint density at radius 3 is 2.90 bits per heavy atom.